The molecule has 0 bridgehead atoms. The first-order valence-electron chi connectivity index (χ1n) is 5.91. The Hall–Kier alpha value is -0.570. The maximum Gasteiger partial charge on any atom is 0.234 e. The summed E-state index contributed by atoms with van der Waals surface area (Å²) in [6.07, 6.45) is 3.71. The molecule has 0 spiro atoms. The molecule has 15 heavy (non-hydrogen) atoms. The van der Waals surface area contributed by atoms with Crippen LogP contribution in [-0.2, 0) is 4.79 Å². The highest BCUT2D eigenvalue weighted by atomic mass is 16.2. The van der Waals surface area contributed by atoms with Crippen molar-refractivity contribution >= 4 is 5.91 Å². The lowest BCUT2D eigenvalue weighted by Gasteiger charge is -2.21. The Kier molecular flexibility index (Phi) is 4.14. The van der Waals surface area contributed by atoms with E-state index >= 15 is 0 Å². The first-order chi connectivity index (χ1) is 6.87. The zero-order valence-corrected chi connectivity index (χ0v) is 10.4. The van der Waals surface area contributed by atoms with Crippen LogP contribution in [0.5, 0.6) is 0 Å². The van der Waals surface area contributed by atoms with E-state index in [0.717, 1.165) is 5.92 Å². The van der Waals surface area contributed by atoms with Crippen LogP contribution in [0.3, 0.4) is 0 Å². The Bertz CT molecular complexity index is 220. The van der Waals surface area contributed by atoms with Crippen molar-refractivity contribution in [2.45, 2.75) is 58.5 Å². The van der Waals surface area contributed by atoms with E-state index < -0.39 is 0 Å². The molecule has 0 aliphatic heterocycles. The number of hydrogen-bond donors (Lipinski definition) is 2. The van der Waals surface area contributed by atoms with Gasteiger partial charge in [0.1, 0.15) is 0 Å². The van der Waals surface area contributed by atoms with Crippen molar-refractivity contribution < 1.29 is 4.79 Å². The fourth-order valence-electron chi connectivity index (χ4n) is 2.09. The predicted octanol–water partition coefficient (Wildman–Crippen LogP) is 1.68. The zero-order valence-electron chi connectivity index (χ0n) is 10.4. The van der Waals surface area contributed by atoms with Gasteiger partial charge in [-0.3, -0.25) is 4.79 Å². The van der Waals surface area contributed by atoms with Crippen LogP contribution in [0, 0.1) is 5.92 Å². The topological polar surface area (TPSA) is 41.1 Å². The summed E-state index contributed by atoms with van der Waals surface area (Å²) in [5, 5.41) is 6.28. The maximum atomic E-state index is 11.5. The van der Waals surface area contributed by atoms with Crippen molar-refractivity contribution in [3.05, 3.63) is 0 Å². The molecule has 1 amide bonds. The van der Waals surface area contributed by atoms with Crippen molar-refractivity contribution in [2.75, 3.05) is 6.54 Å². The normalized spacial score (nSPS) is 26.7. The van der Waals surface area contributed by atoms with Crippen molar-refractivity contribution in [1.29, 1.82) is 0 Å². The highest BCUT2D eigenvalue weighted by Crippen LogP contribution is 2.24. The van der Waals surface area contributed by atoms with Crippen LogP contribution >= 0.6 is 0 Å². The molecule has 1 fully saturated rings. The van der Waals surface area contributed by atoms with Crippen molar-refractivity contribution in [3.63, 3.8) is 0 Å². The Morgan fingerprint density at radius 3 is 2.47 bits per heavy atom. The summed E-state index contributed by atoms with van der Waals surface area (Å²) < 4.78 is 0. The first kappa shape index (κ1) is 12.5. The van der Waals surface area contributed by atoms with Gasteiger partial charge < -0.3 is 10.6 Å². The number of carbonyl (C=O) groups is 1. The third kappa shape index (κ3) is 5.17. The van der Waals surface area contributed by atoms with Crippen LogP contribution < -0.4 is 10.6 Å². The molecule has 1 saturated carbocycles. The average Bonchev–Trinajstić information content (AvgIpc) is 2.45. The highest BCUT2D eigenvalue weighted by Gasteiger charge is 2.21. The summed E-state index contributed by atoms with van der Waals surface area (Å²) in [6, 6.07) is 0.547. The fourth-order valence-corrected chi connectivity index (χ4v) is 2.09. The van der Waals surface area contributed by atoms with Crippen molar-refractivity contribution in [2.24, 2.45) is 5.92 Å². The molecule has 0 radical (unpaired) electrons. The number of nitrogens with one attached hydrogen (secondary N) is 2. The van der Waals surface area contributed by atoms with E-state index in [4.69, 9.17) is 0 Å². The summed E-state index contributed by atoms with van der Waals surface area (Å²) in [4.78, 5) is 11.5. The molecular weight excluding hydrogens is 188 g/mol. The van der Waals surface area contributed by atoms with Crippen LogP contribution in [0.25, 0.3) is 0 Å². The molecule has 3 nitrogen and oxygen atoms in total. The van der Waals surface area contributed by atoms with Gasteiger partial charge in [-0.2, -0.15) is 0 Å². The average molecular weight is 212 g/mol. The monoisotopic (exact) mass is 212 g/mol. The fraction of sp³-hybridized carbons (Fsp3) is 0.917. The van der Waals surface area contributed by atoms with E-state index in [1.54, 1.807) is 0 Å². The van der Waals surface area contributed by atoms with E-state index in [9.17, 15) is 4.79 Å². The van der Waals surface area contributed by atoms with Gasteiger partial charge in [-0.05, 0) is 46.0 Å². The maximum absolute atomic E-state index is 11.5. The molecule has 0 aromatic heterocycles. The summed E-state index contributed by atoms with van der Waals surface area (Å²) in [5.74, 6) is 0.912. The van der Waals surface area contributed by atoms with Crippen molar-refractivity contribution in [1.82, 2.24) is 10.6 Å². The van der Waals surface area contributed by atoms with E-state index in [1.165, 1.54) is 19.3 Å². The molecule has 0 aromatic carbocycles. The summed E-state index contributed by atoms with van der Waals surface area (Å²) in [7, 11) is 0. The third-order valence-corrected chi connectivity index (χ3v) is 2.76. The minimum absolute atomic E-state index is 0.0991. The van der Waals surface area contributed by atoms with Gasteiger partial charge in [0.15, 0.2) is 0 Å². The molecule has 0 heterocycles. The summed E-state index contributed by atoms with van der Waals surface area (Å²) in [5.41, 5.74) is -0.123. The van der Waals surface area contributed by atoms with E-state index in [2.05, 4.69) is 17.6 Å². The SMILES string of the molecule is CC1CCC(NCC(=O)NC(C)(C)C)C1. The van der Waals surface area contributed by atoms with Crippen LogP contribution in [0.2, 0.25) is 0 Å². The number of amides is 1. The zero-order chi connectivity index (χ0) is 11.5. The van der Waals surface area contributed by atoms with E-state index in [-0.39, 0.29) is 11.4 Å². The lowest BCUT2D eigenvalue weighted by atomic mass is 10.1. The van der Waals surface area contributed by atoms with Crippen LogP contribution in [0.1, 0.15) is 47.0 Å². The minimum Gasteiger partial charge on any atom is -0.350 e. The lowest BCUT2D eigenvalue weighted by Crippen LogP contribution is -2.46. The minimum atomic E-state index is -0.123. The lowest BCUT2D eigenvalue weighted by molar-refractivity contribution is -0.121. The smallest absolute Gasteiger partial charge is 0.234 e. The summed E-state index contributed by atoms with van der Waals surface area (Å²) in [6.45, 7) is 8.74. The standard InChI is InChI=1S/C12H24N2O/c1-9-5-6-10(7-9)13-8-11(15)14-12(2,3)4/h9-10,13H,5-8H2,1-4H3,(H,14,15). The van der Waals surface area contributed by atoms with Gasteiger partial charge in [0.2, 0.25) is 5.91 Å². The van der Waals surface area contributed by atoms with Gasteiger partial charge in [0, 0.05) is 11.6 Å². The van der Waals surface area contributed by atoms with E-state index in [0.29, 0.717) is 12.6 Å². The Morgan fingerprint density at radius 2 is 2.00 bits per heavy atom. The molecular formula is C12H24N2O. The molecule has 2 unspecified atom stereocenters. The second kappa shape index (κ2) is 4.97. The predicted molar refractivity (Wildman–Crippen MR) is 62.7 cm³/mol. The molecule has 0 saturated heterocycles. The number of hydrogen-bond acceptors (Lipinski definition) is 2. The van der Waals surface area contributed by atoms with Gasteiger partial charge in [0.05, 0.1) is 6.54 Å². The molecule has 0 aromatic rings. The Balaban J connectivity index is 2.17. The third-order valence-electron chi connectivity index (χ3n) is 2.76. The molecule has 2 atom stereocenters. The molecule has 88 valence electrons. The van der Waals surface area contributed by atoms with Gasteiger partial charge in [-0.15, -0.1) is 0 Å². The van der Waals surface area contributed by atoms with Gasteiger partial charge in [-0.1, -0.05) is 6.92 Å². The molecule has 1 aliphatic carbocycles. The van der Waals surface area contributed by atoms with Gasteiger partial charge in [0.25, 0.3) is 0 Å². The van der Waals surface area contributed by atoms with E-state index in [1.807, 2.05) is 20.8 Å². The van der Waals surface area contributed by atoms with Gasteiger partial charge >= 0.3 is 0 Å². The first-order valence-corrected chi connectivity index (χ1v) is 5.91. The molecule has 2 N–H and O–H groups in total. The molecule has 1 rings (SSSR count). The highest BCUT2D eigenvalue weighted by molar-refractivity contribution is 5.78. The Morgan fingerprint density at radius 1 is 1.33 bits per heavy atom. The largest absolute Gasteiger partial charge is 0.350 e. The summed E-state index contributed by atoms with van der Waals surface area (Å²) >= 11 is 0. The quantitative estimate of drug-likeness (QED) is 0.747. The molecule has 3 heteroatoms. The van der Waals surface area contributed by atoms with Crippen LogP contribution in [0.15, 0.2) is 0 Å². The Labute approximate surface area is 93.0 Å². The van der Waals surface area contributed by atoms with Gasteiger partial charge in [-0.25, -0.2) is 0 Å². The van der Waals surface area contributed by atoms with Crippen LogP contribution in [-0.4, -0.2) is 24.0 Å². The number of rotatable bonds is 3. The van der Waals surface area contributed by atoms with Crippen LogP contribution in [0.4, 0.5) is 0 Å². The number of carbonyl (C=O) groups excluding carboxylic acids is 1. The second-order valence-corrected chi connectivity index (χ2v) is 5.79. The van der Waals surface area contributed by atoms with Crippen molar-refractivity contribution in [3.8, 4) is 0 Å². The second-order valence-electron chi connectivity index (χ2n) is 5.79. The molecule has 1 aliphatic rings.